The molecule has 3 rings (SSSR count). The number of hydrogen-bond acceptors (Lipinski definition) is 5. The van der Waals surface area contributed by atoms with E-state index in [2.05, 4.69) is 0 Å². The Hall–Kier alpha value is -2.11. The zero-order chi connectivity index (χ0) is 18.0. The molecule has 0 aliphatic carbocycles. The number of halogens is 2. The summed E-state index contributed by atoms with van der Waals surface area (Å²) in [5.74, 6) is 1.20. The Labute approximate surface area is 155 Å². The normalized spacial score (nSPS) is 12.2. The predicted molar refractivity (Wildman–Crippen MR) is 93.8 cm³/mol. The summed E-state index contributed by atoms with van der Waals surface area (Å²) in [6.07, 6.45) is 0. The van der Waals surface area contributed by atoms with Gasteiger partial charge in [0.15, 0.2) is 18.1 Å². The van der Waals surface area contributed by atoms with Crippen LogP contribution in [0, 0.1) is 13.8 Å². The first kappa shape index (κ1) is 17.7. The van der Waals surface area contributed by atoms with Crippen LogP contribution in [0.5, 0.6) is 17.2 Å². The van der Waals surface area contributed by atoms with E-state index in [4.69, 9.17) is 42.1 Å². The fourth-order valence-electron chi connectivity index (χ4n) is 2.57. The van der Waals surface area contributed by atoms with Crippen LogP contribution in [0.1, 0.15) is 16.7 Å². The van der Waals surface area contributed by atoms with E-state index in [0.29, 0.717) is 32.9 Å². The number of esters is 1. The van der Waals surface area contributed by atoms with Gasteiger partial charge in [0.05, 0.1) is 5.02 Å². The third kappa shape index (κ3) is 4.11. The van der Waals surface area contributed by atoms with Crippen molar-refractivity contribution < 1.29 is 23.7 Å². The molecule has 0 saturated heterocycles. The molecule has 0 amide bonds. The van der Waals surface area contributed by atoms with E-state index in [1.165, 1.54) is 0 Å². The fourth-order valence-corrected chi connectivity index (χ4v) is 3.18. The molecule has 0 atom stereocenters. The van der Waals surface area contributed by atoms with Gasteiger partial charge in [0.25, 0.3) is 0 Å². The molecule has 0 radical (unpaired) electrons. The molecule has 1 aliphatic rings. The lowest BCUT2D eigenvalue weighted by molar-refractivity contribution is -0.147. The Balaban J connectivity index is 1.56. The monoisotopic (exact) mass is 382 g/mol. The average Bonchev–Trinajstić information content (AvgIpc) is 3.01. The van der Waals surface area contributed by atoms with Gasteiger partial charge in [-0.2, -0.15) is 0 Å². The number of aryl methyl sites for hydroxylation is 2. The van der Waals surface area contributed by atoms with E-state index in [-0.39, 0.29) is 20.0 Å². The molecule has 2 aromatic rings. The maximum atomic E-state index is 11.9. The first-order valence-electron chi connectivity index (χ1n) is 7.57. The third-order valence-corrected chi connectivity index (χ3v) is 4.15. The summed E-state index contributed by atoms with van der Waals surface area (Å²) in [7, 11) is 0. The number of fused-ring (bicyclic) bond motifs is 1. The van der Waals surface area contributed by atoms with E-state index < -0.39 is 5.97 Å². The second kappa shape index (κ2) is 7.42. The quantitative estimate of drug-likeness (QED) is 0.714. The van der Waals surface area contributed by atoms with Crippen molar-refractivity contribution >= 4 is 29.2 Å². The van der Waals surface area contributed by atoms with Gasteiger partial charge in [-0.05, 0) is 54.8 Å². The van der Waals surface area contributed by atoms with E-state index >= 15 is 0 Å². The molecular weight excluding hydrogens is 367 g/mol. The molecule has 132 valence electrons. The highest BCUT2D eigenvalue weighted by atomic mass is 35.5. The van der Waals surface area contributed by atoms with Gasteiger partial charge in [-0.1, -0.05) is 23.2 Å². The van der Waals surface area contributed by atoms with Crippen LogP contribution in [0.3, 0.4) is 0 Å². The minimum atomic E-state index is -0.484. The second-order valence-corrected chi connectivity index (χ2v) is 6.47. The molecular formula is C18H16Cl2O5. The number of carbonyl (C=O) groups excluding carboxylic acids is 1. The van der Waals surface area contributed by atoms with Gasteiger partial charge in [-0.3, -0.25) is 0 Å². The Morgan fingerprint density at radius 1 is 1.12 bits per heavy atom. The predicted octanol–water partition coefficient (Wildman–Crippen LogP) is 4.46. The lowest BCUT2D eigenvalue weighted by Gasteiger charge is -2.12. The van der Waals surface area contributed by atoms with E-state index in [1.54, 1.807) is 24.3 Å². The number of benzene rings is 2. The number of carbonyl (C=O) groups is 1. The number of hydrogen-bond donors (Lipinski definition) is 0. The summed E-state index contributed by atoms with van der Waals surface area (Å²) in [6, 6.07) is 6.97. The van der Waals surface area contributed by atoms with Gasteiger partial charge in [-0.25, -0.2) is 4.79 Å². The van der Waals surface area contributed by atoms with Crippen LogP contribution in [-0.2, 0) is 16.1 Å². The van der Waals surface area contributed by atoms with Gasteiger partial charge < -0.3 is 18.9 Å². The van der Waals surface area contributed by atoms with Gasteiger partial charge in [0.1, 0.15) is 12.4 Å². The summed E-state index contributed by atoms with van der Waals surface area (Å²) in [5.41, 5.74) is 2.43. The molecule has 0 fully saturated rings. The van der Waals surface area contributed by atoms with Crippen molar-refractivity contribution in [1.29, 1.82) is 0 Å². The average molecular weight is 383 g/mol. The lowest BCUT2D eigenvalue weighted by Crippen LogP contribution is -2.15. The Bertz CT molecular complexity index is 796. The van der Waals surface area contributed by atoms with Gasteiger partial charge in [-0.15, -0.1) is 0 Å². The smallest absolute Gasteiger partial charge is 0.344 e. The highest BCUT2D eigenvalue weighted by Crippen LogP contribution is 2.39. The fraction of sp³-hybridized carbons (Fsp3) is 0.278. The molecule has 0 N–H and O–H groups in total. The van der Waals surface area contributed by atoms with E-state index in [9.17, 15) is 4.79 Å². The van der Waals surface area contributed by atoms with Crippen LogP contribution in [-0.4, -0.2) is 19.4 Å². The first-order valence-corrected chi connectivity index (χ1v) is 8.33. The van der Waals surface area contributed by atoms with Crippen LogP contribution in [0.4, 0.5) is 0 Å². The number of rotatable bonds is 5. The van der Waals surface area contributed by atoms with Crippen molar-refractivity contribution in [2.24, 2.45) is 0 Å². The molecule has 7 heteroatoms. The Morgan fingerprint density at radius 3 is 2.56 bits per heavy atom. The van der Waals surface area contributed by atoms with Crippen molar-refractivity contribution in [1.82, 2.24) is 0 Å². The first-order chi connectivity index (χ1) is 11.9. The molecule has 2 aromatic carbocycles. The SMILES string of the molecule is Cc1cc(Cl)cc(C)c1OCC(=O)OCc1cc(Cl)c2c(c1)OCO2. The molecule has 25 heavy (non-hydrogen) atoms. The highest BCUT2D eigenvalue weighted by molar-refractivity contribution is 6.32. The maximum absolute atomic E-state index is 11.9. The minimum absolute atomic E-state index is 0.0666. The number of ether oxygens (including phenoxy) is 4. The summed E-state index contributed by atoms with van der Waals surface area (Å²) in [5, 5.41) is 1.05. The summed E-state index contributed by atoms with van der Waals surface area (Å²) >= 11 is 12.1. The van der Waals surface area contributed by atoms with Crippen molar-refractivity contribution in [3.63, 3.8) is 0 Å². The molecule has 0 saturated carbocycles. The van der Waals surface area contributed by atoms with Crippen LogP contribution in [0.2, 0.25) is 10.0 Å². The maximum Gasteiger partial charge on any atom is 0.344 e. The van der Waals surface area contributed by atoms with Crippen molar-refractivity contribution in [3.8, 4) is 17.2 Å². The lowest BCUT2D eigenvalue weighted by atomic mass is 10.1. The molecule has 1 heterocycles. The zero-order valence-electron chi connectivity index (χ0n) is 13.7. The van der Waals surface area contributed by atoms with Crippen LogP contribution in [0.15, 0.2) is 24.3 Å². The van der Waals surface area contributed by atoms with Gasteiger partial charge in [0, 0.05) is 5.02 Å². The standard InChI is InChI=1S/C18H16Cl2O5/c1-10-3-13(19)4-11(2)17(10)23-8-16(21)22-7-12-5-14(20)18-15(6-12)24-9-25-18/h3-6H,7-9H2,1-2H3. The molecule has 0 bridgehead atoms. The van der Waals surface area contributed by atoms with Crippen molar-refractivity contribution in [3.05, 3.63) is 51.0 Å². The molecule has 0 spiro atoms. The molecule has 1 aliphatic heterocycles. The topological polar surface area (TPSA) is 54.0 Å². The molecule has 5 nitrogen and oxygen atoms in total. The van der Waals surface area contributed by atoms with Gasteiger partial charge in [0.2, 0.25) is 6.79 Å². The summed E-state index contributed by atoms with van der Waals surface area (Å²) in [4.78, 5) is 11.9. The minimum Gasteiger partial charge on any atom is -0.481 e. The summed E-state index contributed by atoms with van der Waals surface area (Å²) < 4.78 is 21.3. The molecule has 0 unspecified atom stereocenters. The largest absolute Gasteiger partial charge is 0.481 e. The third-order valence-electron chi connectivity index (χ3n) is 3.65. The van der Waals surface area contributed by atoms with E-state index in [0.717, 1.165) is 11.1 Å². The highest BCUT2D eigenvalue weighted by Gasteiger charge is 2.19. The van der Waals surface area contributed by atoms with Crippen LogP contribution in [0.25, 0.3) is 0 Å². The Morgan fingerprint density at radius 2 is 1.84 bits per heavy atom. The van der Waals surface area contributed by atoms with Crippen LogP contribution < -0.4 is 14.2 Å². The zero-order valence-corrected chi connectivity index (χ0v) is 15.2. The van der Waals surface area contributed by atoms with Crippen molar-refractivity contribution in [2.75, 3.05) is 13.4 Å². The Kier molecular flexibility index (Phi) is 5.25. The van der Waals surface area contributed by atoms with Gasteiger partial charge >= 0.3 is 5.97 Å². The molecule has 0 aromatic heterocycles. The van der Waals surface area contributed by atoms with Crippen molar-refractivity contribution in [2.45, 2.75) is 20.5 Å². The van der Waals surface area contributed by atoms with Crippen LogP contribution >= 0.6 is 23.2 Å². The second-order valence-electron chi connectivity index (χ2n) is 5.63. The summed E-state index contributed by atoms with van der Waals surface area (Å²) in [6.45, 7) is 3.74. The van der Waals surface area contributed by atoms with E-state index in [1.807, 2.05) is 13.8 Å².